The van der Waals surface area contributed by atoms with Gasteiger partial charge >= 0.3 is 0 Å². The van der Waals surface area contributed by atoms with E-state index in [4.69, 9.17) is 11.6 Å². The van der Waals surface area contributed by atoms with Gasteiger partial charge in [0.1, 0.15) is 5.16 Å². The van der Waals surface area contributed by atoms with Crippen LogP contribution < -0.4 is 0 Å². The first-order valence-electron chi connectivity index (χ1n) is 2.58. The minimum Gasteiger partial charge on any atom is -0.295 e. The highest BCUT2D eigenvalue weighted by molar-refractivity contribution is 6.30. The summed E-state index contributed by atoms with van der Waals surface area (Å²) >= 11 is 5.50. The monoisotopic (exact) mass is 144 g/mol. The molecule has 50 valence electrons. The number of rotatable bonds is 2. The van der Waals surface area contributed by atoms with Crippen LogP contribution in [-0.4, -0.2) is 19.5 Å². The molecule has 0 aromatic heterocycles. The van der Waals surface area contributed by atoms with E-state index in [1.807, 2.05) is 6.92 Å². The molecule has 0 atom stereocenters. The second-order valence-electron chi connectivity index (χ2n) is 1.30. The minimum atomic E-state index is 0.481. The van der Waals surface area contributed by atoms with Crippen LogP contribution in [0.3, 0.4) is 0 Å². The molecule has 0 amide bonds. The van der Waals surface area contributed by atoms with E-state index < -0.39 is 0 Å². The van der Waals surface area contributed by atoms with Crippen LogP contribution in [0.2, 0.25) is 0 Å². The Balaban J connectivity index is 3.71. The van der Waals surface area contributed by atoms with Crippen molar-refractivity contribution >= 4 is 24.0 Å². The van der Waals surface area contributed by atoms with E-state index in [2.05, 4.69) is 9.98 Å². The fourth-order valence-corrected chi connectivity index (χ4v) is 0.302. The number of nitrogens with zero attached hydrogens (tertiary/aromatic N) is 2. The summed E-state index contributed by atoms with van der Waals surface area (Å²) in [5.41, 5.74) is 0. The lowest BCUT2D eigenvalue weighted by atomic mass is 10.7. The third-order valence-corrected chi connectivity index (χ3v) is 0.968. The summed E-state index contributed by atoms with van der Waals surface area (Å²) in [5, 5.41) is 0.481. The predicted octanol–water partition coefficient (Wildman–Crippen LogP) is 1.86. The van der Waals surface area contributed by atoms with E-state index >= 15 is 0 Å². The SMILES string of the molecule is CC=C(Cl)N=CC=NC. The zero-order valence-corrected chi connectivity index (χ0v) is 6.26. The Morgan fingerprint density at radius 1 is 1.44 bits per heavy atom. The van der Waals surface area contributed by atoms with Crippen molar-refractivity contribution in [3.05, 3.63) is 11.2 Å². The largest absolute Gasteiger partial charge is 0.295 e. The first kappa shape index (κ1) is 8.37. The number of aliphatic imine (C=N–C) groups is 2. The van der Waals surface area contributed by atoms with E-state index in [1.165, 1.54) is 0 Å². The van der Waals surface area contributed by atoms with Gasteiger partial charge in [0.2, 0.25) is 0 Å². The molecule has 0 bridgehead atoms. The molecule has 0 saturated carbocycles. The number of halogens is 1. The molecule has 0 N–H and O–H groups in total. The van der Waals surface area contributed by atoms with Gasteiger partial charge in [-0.2, -0.15) is 0 Å². The average Bonchev–Trinajstić information content (AvgIpc) is 1.89. The van der Waals surface area contributed by atoms with Gasteiger partial charge in [-0.05, 0) is 6.92 Å². The summed E-state index contributed by atoms with van der Waals surface area (Å²) < 4.78 is 0. The molecule has 0 unspecified atom stereocenters. The summed E-state index contributed by atoms with van der Waals surface area (Å²) in [6, 6.07) is 0. The van der Waals surface area contributed by atoms with Crippen LogP contribution in [0.5, 0.6) is 0 Å². The maximum absolute atomic E-state index is 5.50. The molecule has 0 aliphatic heterocycles. The Hall–Kier alpha value is -0.630. The van der Waals surface area contributed by atoms with E-state index in [-0.39, 0.29) is 0 Å². The number of hydrogen-bond donors (Lipinski definition) is 0. The Morgan fingerprint density at radius 3 is 2.56 bits per heavy atom. The first-order valence-corrected chi connectivity index (χ1v) is 2.95. The highest BCUT2D eigenvalue weighted by atomic mass is 35.5. The summed E-state index contributed by atoms with van der Waals surface area (Å²) in [7, 11) is 1.68. The quantitative estimate of drug-likeness (QED) is 0.418. The zero-order chi connectivity index (χ0) is 7.11. The first-order chi connectivity index (χ1) is 4.31. The van der Waals surface area contributed by atoms with Crippen molar-refractivity contribution in [2.24, 2.45) is 9.98 Å². The molecule has 9 heavy (non-hydrogen) atoms. The van der Waals surface area contributed by atoms with E-state index in [1.54, 1.807) is 25.6 Å². The van der Waals surface area contributed by atoms with Gasteiger partial charge in [0.05, 0.1) is 0 Å². The van der Waals surface area contributed by atoms with Crippen LogP contribution in [0.4, 0.5) is 0 Å². The van der Waals surface area contributed by atoms with Crippen molar-refractivity contribution in [2.45, 2.75) is 6.92 Å². The van der Waals surface area contributed by atoms with Crippen molar-refractivity contribution in [2.75, 3.05) is 7.05 Å². The van der Waals surface area contributed by atoms with Crippen LogP contribution in [0.25, 0.3) is 0 Å². The Bertz CT molecular complexity index is 147. The zero-order valence-electron chi connectivity index (χ0n) is 5.50. The second kappa shape index (κ2) is 5.51. The molecule has 0 saturated heterocycles. The lowest BCUT2D eigenvalue weighted by Crippen LogP contribution is -1.73. The summed E-state index contributed by atoms with van der Waals surface area (Å²) in [4.78, 5) is 7.47. The predicted molar refractivity (Wildman–Crippen MR) is 42.5 cm³/mol. The maximum atomic E-state index is 5.50. The Kier molecular flexibility index (Phi) is 5.12. The van der Waals surface area contributed by atoms with Gasteiger partial charge in [-0.25, -0.2) is 4.99 Å². The molecule has 0 fully saturated rings. The van der Waals surface area contributed by atoms with E-state index in [0.29, 0.717) is 5.16 Å². The molecule has 0 spiro atoms. The van der Waals surface area contributed by atoms with Gasteiger partial charge < -0.3 is 0 Å². The van der Waals surface area contributed by atoms with Gasteiger partial charge in [0.25, 0.3) is 0 Å². The molecule has 2 nitrogen and oxygen atoms in total. The van der Waals surface area contributed by atoms with Crippen LogP contribution in [0.15, 0.2) is 21.2 Å². The normalized spacial score (nSPS) is 13.9. The maximum Gasteiger partial charge on any atom is 0.124 e. The fourth-order valence-electron chi connectivity index (χ4n) is 0.246. The molecule has 0 aliphatic carbocycles. The molecule has 0 aromatic rings. The molecular formula is C6H9ClN2. The molecular weight excluding hydrogens is 136 g/mol. The molecule has 0 radical (unpaired) electrons. The van der Waals surface area contributed by atoms with Crippen molar-refractivity contribution < 1.29 is 0 Å². The third kappa shape index (κ3) is 5.24. The topological polar surface area (TPSA) is 24.7 Å². The number of allylic oxidation sites excluding steroid dienone is 1. The van der Waals surface area contributed by atoms with Crippen LogP contribution in [0, 0.1) is 0 Å². The Morgan fingerprint density at radius 2 is 2.11 bits per heavy atom. The highest BCUT2D eigenvalue weighted by Crippen LogP contribution is 1.98. The second-order valence-corrected chi connectivity index (χ2v) is 1.68. The van der Waals surface area contributed by atoms with Crippen molar-refractivity contribution in [3.8, 4) is 0 Å². The van der Waals surface area contributed by atoms with E-state index in [0.717, 1.165) is 0 Å². The van der Waals surface area contributed by atoms with Crippen molar-refractivity contribution in [1.82, 2.24) is 0 Å². The van der Waals surface area contributed by atoms with E-state index in [9.17, 15) is 0 Å². The smallest absolute Gasteiger partial charge is 0.124 e. The number of hydrogen-bond acceptors (Lipinski definition) is 2. The van der Waals surface area contributed by atoms with Gasteiger partial charge in [-0.3, -0.25) is 4.99 Å². The van der Waals surface area contributed by atoms with Crippen molar-refractivity contribution in [3.63, 3.8) is 0 Å². The molecule has 0 aliphatic rings. The van der Waals surface area contributed by atoms with Gasteiger partial charge in [-0.15, -0.1) is 0 Å². The standard InChI is InChI=1S/C6H9ClN2/c1-3-6(7)9-5-4-8-2/h3-5H,1-2H3. The molecule has 0 rings (SSSR count). The van der Waals surface area contributed by atoms with Gasteiger partial charge in [0.15, 0.2) is 0 Å². The van der Waals surface area contributed by atoms with Crippen LogP contribution in [0.1, 0.15) is 6.92 Å². The minimum absolute atomic E-state index is 0.481. The van der Waals surface area contributed by atoms with Gasteiger partial charge in [-0.1, -0.05) is 17.7 Å². The average molecular weight is 145 g/mol. The molecule has 0 heterocycles. The Labute approximate surface area is 60.0 Å². The van der Waals surface area contributed by atoms with Crippen molar-refractivity contribution in [1.29, 1.82) is 0 Å². The van der Waals surface area contributed by atoms with Crippen LogP contribution >= 0.6 is 11.6 Å². The summed E-state index contributed by atoms with van der Waals surface area (Å²) in [6.07, 6.45) is 4.83. The summed E-state index contributed by atoms with van der Waals surface area (Å²) in [5.74, 6) is 0. The van der Waals surface area contributed by atoms with Gasteiger partial charge in [0, 0.05) is 19.5 Å². The molecule has 3 heteroatoms. The lowest BCUT2D eigenvalue weighted by Gasteiger charge is -1.79. The summed E-state index contributed by atoms with van der Waals surface area (Å²) in [6.45, 7) is 1.82. The lowest BCUT2D eigenvalue weighted by molar-refractivity contribution is 1.47. The third-order valence-electron chi connectivity index (χ3n) is 0.652. The highest BCUT2D eigenvalue weighted by Gasteiger charge is 1.76. The molecule has 0 aromatic carbocycles. The van der Waals surface area contributed by atoms with Crippen LogP contribution in [-0.2, 0) is 0 Å². The fraction of sp³-hybridized carbons (Fsp3) is 0.333.